The van der Waals surface area contributed by atoms with E-state index >= 15 is 0 Å². The Bertz CT molecular complexity index is 1100. The maximum Gasteiger partial charge on any atom is 0.308 e. The van der Waals surface area contributed by atoms with Gasteiger partial charge in [-0.15, -0.1) is 10.2 Å². The summed E-state index contributed by atoms with van der Waals surface area (Å²) in [6.45, 7) is 4.30. The van der Waals surface area contributed by atoms with Crippen LogP contribution in [0.1, 0.15) is 30.9 Å². The van der Waals surface area contributed by atoms with Crippen LogP contribution in [-0.2, 0) is 16.1 Å². The SMILES string of the molecule is Cc1ccc(-c2nnc([C@@H](C)OC(=O)CCn3ccc4ccccc43)o2)cc1. The highest BCUT2D eigenvalue weighted by Gasteiger charge is 2.19. The fourth-order valence-electron chi connectivity index (χ4n) is 3.07. The predicted molar refractivity (Wildman–Crippen MR) is 106 cm³/mol. The van der Waals surface area contributed by atoms with Gasteiger partial charge in [0, 0.05) is 23.8 Å². The van der Waals surface area contributed by atoms with E-state index in [4.69, 9.17) is 9.15 Å². The number of fused-ring (bicyclic) bond motifs is 1. The van der Waals surface area contributed by atoms with E-state index in [0.29, 0.717) is 12.4 Å². The number of hydrogen-bond acceptors (Lipinski definition) is 5. The Balaban J connectivity index is 1.36. The molecule has 6 heteroatoms. The van der Waals surface area contributed by atoms with Gasteiger partial charge in [-0.3, -0.25) is 4.79 Å². The maximum absolute atomic E-state index is 12.2. The number of esters is 1. The summed E-state index contributed by atoms with van der Waals surface area (Å²) >= 11 is 0. The van der Waals surface area contributed by atoms with E-state index in [1.54, 1.807) is 6.92 Å². The number of hydrogen-bond donors (Lipinski definition) is 0. The summed E-state index contributed by atoms with van der Waals surface area (Å²) in [7, 11) is 0. The first-order valence-corrected chi connectivity index (χ1v) is 9.24. The van der Waals surface area contributed by atoms with Gasteiger partial charge >= 0.3 is 5.97 Å². The van der Waals surface area contributed by atoms with Crippen molar-refractivity contribution in [1.82, 2.24) is 14.8 Å². The molecule has 0 spiro atoms. The number of aryl methyl sites for hydroxylation is 2. The Labute approximate surface area is 162 Å². The highest BCUT2D eigenvalue weighted by molar-refractivity contribution is 5.80. The summed E-state index contributed by atoms with van der Waals surface area (Å²) in [6, 6.07) is 17.9. The van der Waals surface area contributed by atoms with E-state index in [1.807, 2.05) is 72.3 Å². The molecule has 0 aliphatic rings. The summed E-state index contributed by atoms with van der Waals surface area (Å²) in [6.07, 6.45) is 1.65. The van der Waals surface area contributed by atoms with Gasteiger partial charge in [0.1, 0.15) is 0 Å². The number of aromatic nitrogens is 3. The van der Waals surface area contributed by atoms with Gasteiger partial charge in [-0.2, -0.15) is 0 Å². The Morgan fingerprint density at radius 3 is 2.71 bits per heavy atom. The van der Waals surface area contributed by atoms with E-state index in [-0.39, 0.29) is 18.3 Å². The van der Waals surface area contributed by atoms with E-state index in [1.165, 1.54) is 0 Å². The minimum absolute atomic E-state index is 0.266. The topological polar surface area (TPSA) is 70.2 Å². The molecule has 1 atom stereocenters. The van der Waals surface area contributed by atoms with Crippen molar-refractivity contribution >= 4 is 16.9 Å². The van der Waals surface area contributed by atoms with Crippen LogP contribution in [0.3, 0.4) is 0 Å². The molecule has 6 nitrogen and oxygen atoms in total. The number of carbonyl (C=O) groups excluding carboxylic acids is 1. The molecule has 0 unspecified atom stereocenters. The Hall–Kier alpha value is -3.41. The molecule has 0 radical (unpaired) electrons. The molecule has 2 heterocycles. The summed E-state index contributed by atoms with van der Waals surface area (Å²) in [5.41, 5.74) is 3.09. The lowest BCUT2D eigenvalue weighted by Crippen LogP contribution is -2.11. The summed E-state index contributed by atoms with van der Waals surface area (Å²) in [4.78, 5) is 12.2. The normalized spacial score (nSPS) is 12.2. The highest BCUT2D eigenvalue weighted by Crippen LogP contribution is 2.23. The van der Waals surface area contributed by atoms with E-state index in [2.05, 4.69) is 10.2 Å². The smallest absolute Gasteiger partial charge is 0.308 e. The third-order valence-electron chi connectivity index (χ3n) is 4.63. The lowest BCUT2D eigenvalue weighted by molar-refractivity contribution is -0.149. The molecule has 4 aromatic rings. The zero-order chi connectivity index (χ0) is 19.5. The van der Waals surface area contributed by atoms with Crippen LogP contribution in [0.4, 0.5) is 0 Å². The van der Waals surface area contributed by atoms with Crippen molar-refractivity contribution in [3.05, 3.63) is 72.2 Å². The highest BCUT2D eigenvalue weighted by atomic mass is 16.6. The monoisotopic (exact) mass is 375 g/mol. The van der Waals surface area contributed by atoms with Crippen LogP contribution in [0.25, 0.3) is 22.4 Å². The van der Waals surface area contributed by atoms with Crippen LogP contribution in [0.15, 0.2) is 65.2 Å². The van der Waals surface area contributed by atoms with E-state index in [0.717, 1.165) is 22.0 Å². The second kappa shape index (κ2) is 7.68. The van der Waals surface area contributed by atoms with Crippen molar-refractivity contribution in [3.8, 4) is 11.5 Å². The molecule has 2 aromatic carbocycles. The molecule has 0 fully saturated rings. The molecule has 28 heavy (non-hydrogen) atoms. The average molecular weight is 375 g/mol. The fraction of sp³-hybridized carbons (Fsp3) is 0.227. The fourth-order valence-corrected chi connectivity index (χ4v) is 3.07. The number of para-hydroxylation sites is 1. The van der Waals surface area contributed by atoms with Gasteiger partial charge in [0.15, 0.2) is 6.10 Å². The molecule has 4 rings (SSSR count). The molecule has 0 N–H and O–H groups in total. The first-order valence-electron chi connectivity index (χ1n) is 9.24. The summed E-state index contributed by atoms with van der Waals surface area (Å²) < 4.78 is 13.2. The number of ether oxygens (including phenoxy) is 1. The van der Waals surface area contributed by atoms with Crippen LogP contribution >= 0.6 is 0 Å². The third kappa shape index (κ3) is 3.81. The largest absolute Gasteiger partial charge is 0.453 e. The molecule has 0 saturated carbocycles. The van der Waals surface area contributed by atoms with Gasteiger partial charge in [0.2, 0.25) is 5.89 Å². The number of carbonyl (C=O) groups is 1. The molecule has 0 aliphatic heterocycles. The first kappa shape index (κ1) is 18.0. The summed E-state index contributed by atoms with van der Waals surface area (Å²) in [5, 5.41) is 9.22. The van der Waals surface area contributed by atoms with Gasteiger partial charge in [-0.05, 0) is 43.5 Å². The van der Waals surface area contributed by atoms with Gasteiger partial charge in [-0.25, -0.2) is 0 Å². The Kier molecular flexibility index (Phi) is 4.93. The molecular weight excluding hydrogens is 354 g/mol. The van der Waals surface area contributed by atoms with Crippen LogP contribution < -0.4 is 0 Å². The van der Waals surface area contributed by atoms with Crippen molar-refractivity contribution in [2.75, 3.05) is 0 Å². The standard InChI is InChI=1S/C22H21N3O3/c1-15-7-9-18(10-8-15)22-24-23-21(28-22)16(2)27-20(26)12-14-25-13-11-17-5-3-4-6-19(17)25/h3-11,13,16H,12,14H2,1-2H3/t16-/m1/s1. The third-order valence-corrected chi connectivity index (χ3v) is 4.63. The number of rotatable bonds is 6. The average Bonchev–Trinajstić information content (AvgIpc) is 3.34. The van der Waals surface area contributed by atoms with Crippen molar-refractivity contribution in [3.63, 3.8) is 0 Å². The van der Waals surface area contributed by atoms with Gasteiger partial charge in [0.05, 0.1) is 6.42 Å². The zero-order valence-electron chi connectivity index (χ0n) is 15.8. The van der Waals surface area contributed by atoms with Crippen LogP contribution in [0, 0.1) is 6.92 Å². The lowest BCUT2D eigenvalue weighted by atomic mass is 10.1. The number of nitrogens with zero attached hydrogens (tertiary/aromatic N) is 3. The van der Waals surface area contributed by atoms with Crippen molar-refractivity contribution in [2.45, 2.75) is 32.9 Å². The molecule has 142 valence electrons. The van der Waals surface area contributed by atoms with Gasteiger partial charge < -0.3 is 13.7 Å². The van der Waals surface area contributed by atoms with E-state index < -0.39 is 6.10 Å². The predicted octanol–water partition coefficient (Wildman–Crippen LogP) is 4.69. The first-order chi connectivity index (χ1) is 13.6. The molecule has 0 aliphatic carbocycles. The van der Waals surface area contributed by atoms with Gasteiger partial charge in [0.25, 0.3) is 5.89 Å². The lowest BCUT2D eigenvalue weighted by Gasteiger charge is -2.10. The molecule has 0 amide bonds. The number of benzene rings is 2. The molecule has 0 saturated heterocycles. The minimum atomic E-state index is -0.597. The molecule has 2 aromatic heterocycles. The Morgan fingerprint density at radius 1 is 1.11 bits per heavy atom. The maximum atomic E-state index is 12.2. The van der Waals surface area contributed by atoms with Crippen LogP contribution in [-0.4, -0.2) is 20.7 Å². The quantitative estimate of drug-likeness (QED) is 0.457. The minimum Gasteiger partial charge on any atom is -0.453 e. The second-order valence-electron chi connectivity index (χ2n) is 6.76. The zero-order valence-corrected chi connectivity index (χ0v) is 15.8. The van der Waals surface area contributed by atoms with Crippen LogP contribution in [0.2, 0.25) is 0 Å². The molecule has 0 bridgehead atoms. The van der Waals surface area contributed by atoms with Crippen LogP contribution in [0.5, 0.6) is 0 Å². The summed E-state index contributed by atoms with van der Waals surface area (Å²) in [5.74, 6) is 0.396. The van der Waals surface area contributed by atoms with Gasteiger partial charge in [-0.1, -0.05) is 35.9 Å². The van der Waals surface area contributed by atoms with Crippen molar-refractivity contribution in [1.29, 1.82) is 0 Å². The Morgan fingerprint density at radius 2 is 1.89 bits per heavy atom. The molecular formula is C22H21N3O3. The van der Waals surface area contributed by atoms with Crippen molar-refractivity contribution < 1.29 is 13.9 Å². The second-order valence-corrected chi connectivity index (χ2v) is 6.76. The van der Waals surface area contributed by atoms with E-state index in [9.17, 15) is 4.79 Å². The van der Waals surface area contributed by atoms with Crippen molar-refractivity contribution in [2.24, 2.45) is 0 Å².